The molecule has 23 heavy (non-hydrogen) atoms. The molecule has 3 rings (SSSR count). The van der Waals surface area contributed by atoms with E-state index in [1.165, 1.54) is 6.92 Å². The first-order chi connectivity index (χ1) is 11.0. The summed E-state index contributed by atoms with van der Waals surface area (Å²) in [6.07, 6.45) is 0. The molecule has 1 N–H and O–H groups in total. The molecule has 2 amide bonds. The molecule has 0 aromatic heterocycles. The summed E-state index contributed by atoms with van der Waals surface area (Å²) in [5.74, 6) is -0.195. The number of hydrogen-bond acceptors (Lipinski definition) is 3. The summed E-state index contributed by atoms with van der Waals surface area (Å²) in [5.41, 5.74) is 2.16. The average molecular weight is 326 g/mol. The molecule has 5 heteroatoms. The van der Waals surface area contributed by atoms with Crippen molar-refractivity contribution < 1.29 is 9.59 Å². The summed E-state index contributed by atoms with van der Waals surface area (Å²) in [6, 6.07) is 15.0. The lowest BCUT2D eigenvalue weighted by atomic mass is 10.1. The van der Waals surface area contributed by atoms with Gasteiger partial charge in [-0.25, -0.2) is 0 Å². The van der Waals surface area contributed by atoms with Crippen LogP contribution in [0.1, 0.15) is 24.2 Å². The minimum Gasteiger partial charge on any atom is -0.326 e. The van der Waals surface area contributed by atoms with Gasteiger partial charge in [0.1, 0.15) is 0 Å². The molecular formula is C18H18N2O2S. The van der Waals surface area contributed by atoms with Crippen LogP contribution in [0.25, 0.3) is 0 Å². The van der Waals surface area contributed by atoms with E-state index in [2.05, 4.69) is 12.2 Å². The molecule has 1 heterocycles. The lowest BCUT2D eigenvalue weighted by molar-refractivity contribution is -0.114. The number of hydrogen-bond donors (Lipinski definition) is 1. The lowest BCUT2D eigenvalue weighted by Gasteiger charge is -2.32. The number of amides is 2. The maximum atomic E-state index is 12.9. The number of nitrogens with zero attached hydrogens (tertiary/aromatic N) is 1. The van der Waals surface area contributed by atoms with Crippen LogP contribution in [0, 0.1) is 0 Å². The van der Waals surface area contributed by atoms with Gasteiger partial charge in [-0.15, -0.1) is 11.8 Å². The Kier molecular flexibility index (Phi) is 4.39. The van der Waals surface area contributed by atoms with Crippen molar-refractivity contribution in [1.29, 1.82) is 0 Å². The van der Waals surface area contributed by atoms with E-state index in [9.17, 15) is 9.59 Å². The third kappa shape index (κ3) is 3.40. The Bertz CT molecular complexity index is 760. The fourth-order valence-corrected chi connectivity index (χ4v) is 3.78. The number of rotatable bonds is 2. The molecule has 0 radical (unpaired) electrons. The smallest absolute Gasteiger partial charge is 0.258 e. The highest BCUT2D eigenvalue weighted by Crippen LogP contribution is 2.38. The monoisotopic (exact) mass is 326 g/mol. The van der Waals surface area contributed by atoms with Crippen molar-refractivity contribution in [2.75, 3.05) is 16.8 Å². The molecule has 2 aromatic rings. The zero-order chi connectivity index (χ0) is 16.4. The van der Waals surface area contributed by atoms with Gasteiger partial charge in [0.2, 0.25) is 5.91 Å². The highest BCUT2D eigenvalue weighted by molar-refractivity contribution is 8.00. The summed E-state index contributed by atoms with van der Waals surface area (Å²) < 4.78 is 0. The lowest BCUT2D eigenvalue weighted by Crippen LogP contribution is -2.38. The Morgan fingerprint density at radius 3 is 2.74 bits per heavy atom. The van der Waals surface area contributed by atoms with Crippen LogP contribution in [-0.4, -0.2) is 23.6 Å². The first-order valence-electron chi connectivity index (χ1n) is 7.50. The standard InChI is InChI=1S/C18H18N2O2S/c1-12-11-20(16-8-3-4-9-17(16)23-12)18(22)14-6-5-7-15(10-14)19-13(2)21/h3-10,12H,11H2,1-2H3,(H,19,21). The van der Waals surface area contributed by atoms with Crippen molar-refractivity contribution in [3.63, 3.8) is 0 Å². The number of benzene rings is 2. The van der Waals surface area contributed by atoms with E-state index >= 15 is 0 Å². The normalized spacial score (nSPS) is 16.6. The molecule has 0 saturated heterocycles. The molecule has 1 aliphatic rings. The van der Waals surface area contributed by atoms with Gasteiger partial charge < -0.3 is 10.2 Å². The van der Waals surface area contributed by atoms with Gasteiger partial charge >= 0.3 is 0 Å². The van der Waals surface area contributed by atoms with Crippen LogP contribution in [0.3, 0.4) is 0 Å². The second kappa shape index (κ2) is 6.46. The summed E-state index contributed by atoms with van der Waals surface area (Å²) in [6.45, 7) is 4.24. The molecule has 0 saturated carbocycles. The Hall–Kier alpha value is -2.27. The van der Waals surface area contributed by atoms with Crippen molar-refractivity contribution >= 4 is 35.0 Å². The SMILES string of the molecule is CC(=O)Nc1cccc(C(=O)N2CC(C)Sc3ccccc32)c1. The minimum atomic E-state index is -0.150. The largest absolute Gasteiger partial charge is 0.326 e. The van der Waals surface area contributed by atoms with Gasteiger partial charge in [-0.1, -0.05) is 25.1 Å². The number of thioether (sulfide) groups is 1. The zero-order valence-corrected chi connectivity index (χ0v) is 13.9. The van der Waals surface area contributed by atoms with E-state index in [-0.39, 0.29) is 11.8 Å². The van der Waals surface area contributed by atoms with Crippen LogP contribution < -0.4 is 10.2 Å². The highest BCUT2D eigenvalue weighted by atomic mass is 32.2. The van der Waals surface area contributed by atoms with E-state index in [0.29, 0.717) is 23.0 Å². The minimum absolute atomic E-state index is 0.0446. The van der Waals surface area contributed by atoms with Crippen molar-refractivity contribution in [3.05, 3.63) is 54.1 Å². The molecule has 1 unspecified atom stereocenters. The van der Waals surface area contributed by atoms with Gasteiger partial charge in [-0.3, -0.25) is 9.59 Å². The van der Waals surface area contributed by atoms with Crippen LogP contribution in [-0.2, 0) is 4.79 Å². The van der Waals surface area contributed by atoms with Crippen molar-refractivity contribution in [3.8, 4) is 0 Å². The molecule has 1 aliphatic heterocycles. The number of fused-ring (bicyclic) bond motifs is 1. The van der Waals surface area contributed by atoms with E-state index in [1.807, 2.05) is 29.2 Å². The average Bonchev–Trinajstić information content (AvgIpc) is 2.53. The third-order valence-electron chi connectivity index (χ3n) is 3.60. The number of anilines is 2. The Morgan fingerprint density at radius 2 is 1.96 bits per heavy atom. The second-order valence-corrected chi connectivity index (χ2v) is 7.05. The van der Waals surface area contributed by atoms with E-state index in [0.717, 1.165) is 10.6 Å². The van der Waals surface area contributed by atoms with Crippen molar-refractivity contribution in [2.24, 2.45) is 0 Å². The first kappa shape index (κ1) is 15.6. The maximum Gasteiger partial charge on any atom is 0.258 e. The van der Waals surface area contributed by atoms with Crippen LogP contribution >= 0.6 is 11.8 Å². The fraction of sp³-hybridized carbons (Fsp3) is 0.222. The molecule has 2 aromatic carbocycles. The Morgan fingerprint density at radius 1 is 1.17 bits per heavy atom. The highest BCUT2D eigenvalue weighted by Gasteiger charge is 2.27. The fourth-order valence-electron chi connectivity index (χ4n) is 2.67. The molecule has 4 nitrogen and oxygen atoms in total. The molecule has 118 valence electrons. The van der Waals surface area contributed by atoms with E-state index in [1.54, 1.807) is 36.0 Å². The Labute approximate surface area is 139 Å². The van der Waals surface area contributed by atoms with Gasteiger partial charge in [-0.2, -0.15) is 0 Å². The topological polar surface area (TPSA) is 49.4 Å². The van der Waals surface area contributed by atoms with Gasteiger partial charge in [0.25, 0.3) is 5.91 Å². The molecule has 0 bridgehead atoms. The molecule has 1 atom stereocenters. The van der Waals surface area contributed by atoms with Crippen molar-refractivity contribution in [2.45, 2.75) is 24.0 Å². The summed E-state index contributed by atoms with van der Waals surface area (Å²) in [7, 11) is 0. The number of carbonyl (C=O) groups excluding carboxylic acids is 2. The summed E-state index contributed by atoms with van der Waals surface area (Å²) in [5, 5.41) is 3.06. The third-order valence-corrected chi connectivity index (χ3v) is 4.75. The van der Waals surface area contributed by atoms with Crippen LogP contribution in [0.2, 0.25) is 0 Å². The van der Waals surface area contributed by atoms with Gasteiger partial charge in [-0.05, 0) is 30.3 Å². The van der Waals surface area contributed by atoms with Gasteiger partial charge in [0.15, 0.2) is 0 Å². The van der Waals surface area contributed by atoms with Crippen molar-refractivity contribution in [1.82, 2.24) is 0 Å². The quantitative estimate of drug-likeness (QED) is 0.913. The van der Waals surface area contributed by atoms with E-state index in [4.69, 9.17) is 0 Å². The van der Waals surface area contributed by atoms with Gasteiger partial charge in [0, 0.05) is 34.9 Å². The van der Waals surface area contributed by atoms with Crippen LogP contribution in [0.4, 0.5) is 11.4 Å². The first-order valence-corrected chi connectivity index (χ1v) is 8.38. The van der Waals surface area contributed by atoms with Crippen LogP contribution in [0.5, 0.6) is 0 Å². The number of para-hydroxylation sites is 1. The zero-order valence-electron chi connectivity index (χ0n) is 13.1. The predicted molar refractivity (Wildman–Crippen MR) is 94.2 cm³/mol. The molecular weight excluding hydrogens is 308 g/mol. The van der Waals surface area contributed by atoms with E-state index < -0.39 is 0 Å². The van der Waals surface area contributed by atoms with Gasteiger partial charge in [0.05, 0.1) is 5.69 Å². The molecule has 0 fully saturated rings. The molecule has 0 spiro atoms. The predicted octanol–water partition coefficient (Wildman–Crippen LogP) is 3.79. The summed E-state index contributed by atoms with van der Waals surface area (Å²) >= 11 is 1.79. The number of nitrogens with one attached hydrogen (secondary N) is 1. The number of carbonyl (C=O) groups is 2. The van der Waals surface area contributed by atoms with Crippen LogP contribution in [0.15, 0.2) is 53.4 Å². The second-order valence-electron chi connectivity index (χ2n) is 5.57. The molecule has 0 aliphatic carbocycles. The Balaban J connectivity index is 1.93. The summed E-state index contributed by atoms with van der Waals surface area (Å²) in [4.78, 5) is 27.1. The maximum absolute atomic E-state index is 12.9.